The first-order chi connectivity index (χ1) is 13.4. The maximum atomic E-state index is 11.7. The summed E-state index contributed by atoms with van der Waals surface area (Å²) in [5.41, 5.74) is 6.09. The summed E-state index contributed by atoms with van der Waals surface area (Å²) in [5.74, 6) is 0.358. The lowest BCUT2D eigenvalue weighted by Crippen LogP contribution is -2.07. The Morgan fingerprint density at radius 1 is 1.14 bits per heavy atom. The third kappa shape index (κ3) is 3.92. The zero-order valence-corrected chi connectivity index (χ0v) is 16.9. The molecule has 28 heavy (non-hydrogen) atoms. The van der Waals surface area contributed by atoms with Gasteiger partial charge in [-0.05, 0) is 44.0 Å². The van der Waals surface area contributed by atoms with Gasteiger partial charge in [-0.3, -0.25) is 4.99 Å². The minimum absolute atomic E-state index is 0.134. The fraction of sp³-hybridized carbons (Fsp3) is 0.273. The molecule has 0 N–H and O–H groups in total. The number of para-hydroxylation sites is 1. The van der Waals surface area contributed by atoms with Gasteiger partial charge in [-0.25, -0.2) is 13.1 Å². The number of hydrogen-bond donors (Lipinski definition) is 0. The first kappa shape index (κ1) is 18.6. The summed E-state index contributed by atoms with van der Waals surface area (Å²) in [6, 6.07) is 16.1. The monoisotopic (exact) mass is 393 g/mol. The van der Waals surface area contributed by atoms with Crippen LogP contribution in [0.2, 0.25) is 0 Å². The summed E-state index contributed by atoms with van der Waals surface area (Å²) in [4.78, 5) is 4.58. The zero-order chi connectivity index (χ0) is 19.7. The van der Waals surface area contributed by atoms with E-state index in [1.807, 2.05) is 41.2 Å². The van der Waals surface area contributed by atoms with Crippen LogP contribution in [0.25, 0.3) is 16.9 Å². The Bertz CT molecular complexity index is 1130. The summed E-state index contributed by atoms with van der Waals surface area (Å²) >= 11 is 0. The number of aromatic nitrogens is 2. The van der Waals surface area contributed by atoms with Gasteiger partial charge in [0.05, 0.1) is 23.2 Å². The second kappa shape index (κ2) is 7.36. The van der Waals surface area contributed by atoms with Gasteiger partial charge >= 0.3 is 0 Å². The van der Waals surface area contributed by atoms with Crippen molar-refractivity contribution < 1.29 is 8.42 Å². The Balaban J connectivity index is 1.77. The number of sulfone groups is 1. The molecule has 1 aromatic heterocycles. The van der Waals surface area contributed by atoms with Gasteiger partial charge in [0.15, 0.2) is 9.84 Å². The van der Waals surface area contributed by atoms with E-state index in [2.05, 4.69) is 37.0 Å². The molecule has 3 aromatic rings. The van der Waals surface area contributed by atoms with E-state index >= 15 is 0 Å². The molecule has 1 fully saturated rings. The average Bonchev–Trinajstić information content (AvgIpc) is 3.25. The smallest absolute Gasteiger partial charge is 0.152 e. The molecule has 0 amide bonds. The average molecular weight is 394 g/mol. The quantitative estimate of drug-likeness (QED) is 0.634. The van der Waals surface area contributed by atoms with E-state index in [0.29, 0.717) is 6.42 Å². The molecule has 2 heterocycles. The highest BCUT2D eigenvalue weighted by Crippen LogP contribution is 2.27. The van der Waals surface area contributed by atoms with Crippen molar-refractivity contribution in [1.29, 1.82) is 0 Å². The Morgan fingerprint density at radius 3 is 2.64 bits per heavy atom. The fourth-order valence-corrected chi connectivity index (χ4v) is 5.11. The standard InChI is InChI=1S/C22H23N3O2S/c1-16-8-9-17(2)21(12-16)22-18(13-23-19-10-11-28(26,27)15-19)14-25(24-22)20-6-4-3-5-7-20/h3-9,12-14,19H,10-11,15H2,1-2H3/t19-/m0/s1. The van der Waals surface area contributed by atoms with Crippen LogP contribution >= 0.6 is 0 Å². The van der Waals surface area contributed by atoms with Crippen LogP contribution in [0.3, 0.4) is 0 Å². The van der Waals surface area contributed by atoms with E-state index in [1.165, 1.54) is 5.56 Å². The molecule has 0 unspecified atom stereocenters. The summed E-state index contributed by atoms with van der Waals surface area (Å²) in [6.45, 7) is 4.13. The number of nitrogens with zero attached hydrogens (tertiary/aromatic N) is 3. The highest BCUT2D eigenvalue weighted by molar-refractivity contribution is 7.91. The van der Waals surface area contributed by atoms with Crippen LogP contribution < -0.4 is 0 Å². The van der Waals surface area contributed by atoms with Crippen LogP contribution in [-0.4, -0.2) is 42.0 Å². The molecule has 5 nitrogen and oxygen atoms in total. The van der Waals surface area contributed by atoms with E-state index in [-0.39, 0.29) is 17.5 Å². The van der Waals surface area contributed by atoms with Gasteiger partial charge in [0, 0.05) is 23.5 Å². The number of hydrogen-bond acceptors (Lipinski definition) is 4. The molecule has 0 bridgehead atoms. The van der Waals surface area contributed by atoms with E-state index in [4.69, 9.17) is 5.10 Å². The number of rotatable bonds is 4. The number of aliphatic imine (C=N–C) groups is 1. The van der Waals surface area contributed by atoms with Crippen molar-refractivity contribution >= 4 is 16.1 Å². The molecule has 1 saturated heterocycles. The van der Waals surface area contributed by atoms with Gasteiger partial charge in [-0.15, -0.1) is 0 Å². The molecule has 1 atom stereocenters. The van der Waals surface area contributed by atoms with Crippen molar-refractivity contribution in [3.63, 3.8) is 0 Å². The van der Waals surface area contributed by atoms with Gasteiger partial charge < -0.3 is 0 Å². The molecule has 0 radical (unpaired) electrons. The first-order valence-corrected chi connectivity index (χ1v) is 11.2. The van der Waals surface area contributed by atoms with Crippen LogP contribution in [0.4, 0.5) is 0 Å². The summed E-state index contributed by atoms with van der Waals surface area (Å²) in [5, 5.41) is 4.83. The van der Waals surface area contributed by atoms with Gasteiger partial charge in [-0.2, -0.15) is 5.10 Å². The minimum Gasteiger partial charge on any atom is -0.288 e. The van der Waals surface area contributed by atoms with Gasteiger partial charge in [-0.1, -0.05) is 35.9 Å². The van der Waals surface area contributed by atoms with Crippen LogP contribution in [0.5, 0.6) is 0 Å². The normalized spacial score (nSPS) is 18.7. The van der Waals surface area contributed by atoms with Crippen LogP contribution in [0.15, 0.2) is 59.7 Å². The maximum Gasteiger partial charge on any atom is 0.152 e. The topological polar surface area (TPSA) is 64.3 Å². The third-order valence-corrected chi connectivity index (χ3v) is 6.79. The predicted octanol–water partition coefficient (Wildman–Crippen LogP) is 3.76. The fourth-order valence-electron chi connectivity index (χ4n) is 3.47. The lowest BCUT2D eigenvalue weighted by Gasteiger charge is -2.06. The maximum absolute atomic E-state index is 11.7. The van der Waals surface area contributed by atoms with Crippen molar-refractivity contribution in [3.05, 3.63) is 71.4 Å². The largest absolute Gasteiger partial charge is 0.288 e. The van der Waals surface area contributed by atoms with E-state index in [0.717, 1.165) is 28.1 Å². The van der Waals surface area contributed by atoms with Gasteiger partial charge in [0.2, 0.25) is 0 Å². The molecule has 144 valence electrons. The second-order valence-corrected chi connectivity index (χ2v) is 9.60. The highest BCUT2D eigenvalue weighted by Gasteiger charge is 2.27. The highest BCUT2D eigenvalue weighted by atomic mass is 32.2. The van der Waals surface area contributed by atoms with Crippen molar-refractivity contribution in [1.82, 2.24) is 9.78 Å². The van der Waals surface area contributed by atoms with Crippen molar-refractivity contribution in [2.45, 2.75) is 26.3 Å². The second-order valence-electron chi connectivity index (χ2n) is 7.37. The van der Waals surface area contributed by atoms with Gasteiger partial charge in [0.1, 0.15) is 5.69 Å². The molecule has 2 aromatic carbocycles. The molecule has 4 rings (SSSR count). The van der Waals surface area contributed by atoms with Crippen molar-refractivity contribution in [2.75, 3.05) is 11.5 Å². The molecule has 0 aliphatic carbocycles. The van der Waals surface area contributed by atoms with E-state index in [1.54, 1.807) is 6.21 Å². The van der Waals surface area contributed by atoms with Gasteiger partial charge in [0.25, 0.3) is 0 Å². The molecular weight excluding hydrogens is 370 g/mol. The van der Waals surface area contributed by atoms with Crippen molar-refractivity contribution in [2.24, 2.45) is 4.99 Å². The lowest BCUT2D eigenvalue weighted by atomic mass is 10.0. The van der Waals surface area contributed by atoms with Crippen molar-refractivity contribution in [3.8, 4) is 16.9 Å². The number of aryl methyl sites for hydroxylation is 2. The summed E-state index contributed by atoms with van der Waals surface area (Å²) in [7, 11) is -2.95. The molecule has 0 spiro atoms. The SMILES string of the molecule is Cc1ccc(C)c(-c2nn(-c3ccccc3)cc2C=N[C@H]2CCS(=O)(=O)C2)c1. The van der Waals surface area contributed by atoms with Crippen LogP contribution in [-0.2, 0) is 9.84 Å². The zero-order valence-electron chi connectivity index (χ0n) is 16.0. The Hall–Kier alpha value is -2.73. The molecule has 0 saturated carbocycles. The van der Waals surface area contributed by atoms with Crippen LogP contribution in [0.1, 0.15) is 23.1 Å². The third-order valence-electron chi connectivity index (χ3n) is 5.04. The Morgan fingerprint density at radius 2 is 1.93 bits per heavy atom. The minimum atomic E-state index is -2.95. The Labute approximate surface area is 165 Å². The molecule has 1 aliphatic rings. The van der Waals surface area contributed by atoms with Crippen LogP contribution in [0, 0.1) is 13.8 Å². The molecule has 6 heteroatoms. The van der Waals surface area contributed by atoms with E-state index < -0.39 is 9.84 Å². The molecular formula is C22H23N3O2S. The Kier molecular flexibility index (Phi) is 4.89. The van der Waals surface area contributed by atoms with E-state index in [9.17, 15) is 8.42 Å². The molecule has 1 aliphatic heterocycles. The lowest BCUT2D eigenvalue weighted by molar-refractivity contribution is 0.601. The summed E-state index contributed by atoms with van der Waals surface area (Å²) < 4.78 is 25.3. The number of benzene rings is 2. The predicted molar refractivity (Wildman–Crippen MR) is 113 cm³/mol. The first-order valence-electron chi connectivity index (χ1n) is 9.38. The summed E-state index contributed by atoms with van der Waals surface area (Å²) in [6.07, 6.45) is 4.33.